The Bertz CT molecular complexity index is 578. The summed E-state index contributed by atoms with van der Waals surface area (Å²) in [5.74, 6) is 0.780. The van der Waals surface area contributed by atoms with Crippen LogP contribution in [-0.2, 0) is 20.8 Å². The highest BCUT2D eigenvalue weighted by Crippen LogP contribution is 2.18. The third-order valence-corrected chi connectivity index (χ3v) is 4.79. The van der Waals surface area contributed by atoms with Gasteiger partial charge in [0.1, 0.15) is 18.4 Å². The second-order valence-corrected chi connectivity index (χ2v) is 6.64. The van der Waals surface area contributed by atoms with E-state index in [9.17, 15) is 4.79 Å². The average Bonchev–Trinajstić information content (AvgIpc) is 2.68. The number of nitrogens with zero attached hydrogens (tertiary/aromatic N) is 1. The fourth-order valence-corrected chi connectivity index (χ4v) is 3.22. The lowest BCUT2D eigenvalue weighted by Gasteiger charge is -2.29. The molecular formula is C19H29N3O4. The van der Waals surface area contributed by atoms with E-state index in [1.165, 1.54) is 0 Å². The molecule has 2 aliphatic rings. The summed E-state index contributed by atoms with van der Waals surface area (Å²) in [5, 5.41) is 6.20. The molecule has 0 radical (unpaired) electrons. The standard InChI is InChI=1S/C19H29N3O4/c1-15-18(20-6-10-25-15)19(23)21-14-16-4-2-3-5-17(16)26-13-9-22-7-11-24-12-8-22/h2-5,15,18,20H,6-14H2,1H3,(H,21,23)/t15-,18+/m1/s1. The molecule has 1 aromatic rings. The van der Waals surface area contributed by atoms with E-state index >= 15 is 0 Å². The first-order valence-corrected chi connectivity index (χ1v) is 9.37. The van der Waals surface area contributed by atoms with E-state index in [2.05, 4.69) is 15.5 Å². The zero-order valence-electron chi connectivity index (χ0n) is 15.4. The molecular weight excluding hydrogens is 334 g/mol. The number of para-hydroxylation sites is 1. The molecule has 7 heteroatoms. The number of hydrogen-bond acceptors (Lipinski definition) is 6. The maximum Gasteiger partial charge on any atom is 0.240 e. The van der Waals surface area contributed by atoms with Gasteiger partial charge in [0.2, 0.25) is 5.91 Å². The maximum atomic E-state index is 12.4. The fraction of sp³-hybridized carbons (Fsp3) is 0.632. The molecule has 0 spiro atoms. The largest absolute Gasteiger partial charge is 0.492 e. The second kappa shape index (κ2) is 9.87. The molecule has 0 bridgehead atoms. The minimum Gasteiger partial charge on any atom is -0.492 e. The minimum atomic E-state index is -0.307. The van der Waals surface area contributed by atoms with Crippen LogP contribution < -0.4 is 15.4 Å². The van der Waals surface area contributed by atoms with Crippen molar-refractivity contribution in [3.8, 4) is 5.75 Å². The summed E-state index contributed by atoms with van der Waals surface area (Å²) in [7, 11) is 0. The van der Waals surface area contributed by atoms with Crippen molar-refractivity contribution in [3.63, 3.8) is 0 Å². The van der Waals surface area contributed by atoms with Crippen molar-refractivity contribution in [2.24, 2.45) is 0 Å². The van der Waals surface area contributed by atoms with Crippen molar-refractivity contribution >= 4 is 5.91 Å². The first-order chi connectivity index (χ1) is 12.7. The van der Waals surface area contributed by atoms with Gasteiger partial charge in [-0.25, -0.2) is 0 Å². The molecule has 2 aliphatic heterocycles. The van der Waals surface area contributed by atoms with Gasteiger partial charge in [-0.15, -0.1) is 0 Å². The lowest BCUT2D eigenvalue weighted by Crippen LogP contribution is -2.55. The molecule has 26 heavy (non-hydrogen) atoms. The van der Waals surface area contributed by atoms with Crippen molar-refractivity contribution in [2.75, 3.05) is 52.6 Å². The second-order valence-electron chi connectivity index (χ2n) is 6.64. The van der Waals surface area contributed by atoms with Crippen LogP contribution in [0.4, 0.5) is 0 Å². The van der Waals surface area contributed by atoms with E-state index in [1.807, 2.05) is 31.2 Å². The van der Waals surface area contributed by atoms with Gasteiger partial charge in [-0.2, -0.15) is 0 Å². The topological polar surface area (TPSA) is 72.1 Å². The first kappa shape index (κ1) is 19.1. The predicted octanol–water partition coefficient (Wildman–Crippen LogP) is 0.391. The molecule has 0 unspecified atom stereocenters. The number of benzene rings is 1. The normalized spacial score (nSPS) is 24.2. The smallest absolute Gasteiger partial charge is 0.240 e. The summed E-state index contributed by atoms with van der Waals surface area (Å²) in [6, 6.07) is 7.54. The van der Waals surface area contributed by atoms with Crippen molar-refractivity contribution in [2.45, 2.75) is 25.6 Å². The molecule has 0 aromatic heterocycles. The molecule has 0 saturated carbocycles. The number of carbonyl (C=O) groups is 1. The Kier molecular flexibility index (Phi) is 7.25. The Balaban J connectivity index is 1.47. The molecule has 2 N–H and O–H groups in total. The predicted molar refractivity (Wildman–Crippen MR) is 98.2 cm³/mol. The molecule has 2 atom stereocenters. The highest BCUT2D eigenvalue weighted by Gasteiger charge is 2.28. The minimum absolute atomic E-state index is 0.0414. The summed E-state index contributed by atoms with van der Waals surface area (Å²) >= 11 is 0. The van der Waals surface area contributed by atoms with Gasteiger partial charge in [0.25, 0.3) is 0 Å². The number of hydrogen-bond donors (Lipinski definition) is 2. The zero-order valence-corrected chi connectivity index (χ0v) is 15.4. The quantitative estimate of drug-likeness (QED) is 0.730. The number of carbonyl (C=O) groups excluding carboxylic acids is 1. The van der Waals surface area contributed by atoms with E-state index in [0.717, 1.165) is 44.2 Å². The van der Waals surface area contributed by atoms with Crippen molar-refractivity contribution in [3.05, 3.63) is 29.8 Å². The van der Waals surface area contributed by atoms with Crippen molar-refractivity contribution in [1.82, 2.24) is 15.5 Å². The average molecular weight is 363 g/mol. The molecule has 2 saturated heterocycles. The van der Waals surface area contributed by atoms with E-state index < -0.39 is 0 Å². The van der Waals surface area contributed by atoms with Gasteiger partial charge in [-0.1, -0.05) is 18.2 Å². The Morgan fingerprint density at radius 3 is 2.92 bits per heavy atom. The molecule has 144 valence electrons. The zero-order chi connectivity index (χ0) is 18.2. The van der Waals surface area contributed by atoms with Crippen LogP contribution in [0.15, 0.2) is 24.3 Å². The van der Waals surface area contributed by atoms with E-state index in [4.69, 9.17) is 14.2 Å². The summed E-state index contributed by atoms with van der Waals surface area (Å²) < 4.78 is 16.9. The van der Waals surface area contributed by atoms with Gasteiger partial charge in [0.15, 0.2) is 0 Å². The number of ether oxygens (including phenoxy) is 3. The van der Waals surface area contributed by atoms with Crippen molar-refractivity contribution < 1.29 is 19.0 Å². The monoisotopic (exact) mass is 363 g/mol. The van der Waals surface area contributed by atoms with Crippen LogP contribution >= 0.6 is 0 Å². The molecule has 7 nitrogen and oxygen atoms in total. The van der Waals surface area contributed by atoms with Gasteiger partial charge in [-0.3, -0.25) is 9.69 Å². The summed E-state index contributed by atoms with van der Waals surface area (Å²) in [6.45, 7) is 8.70. The Labute approximate surface area is 155 Å². The van der Waals surface area contributed by atoms with Crippen LogP contribution in [0.1, 0.15) is 12.5 Å². The Morgan fingerprint density at radius 2 is 2.12 bits per heavy atom. The van der Waals surface area contributed by atoms with Crippen LogP contribution in [-0.4, -0.2) is 75.6 Å². The van der Waals surface area contributed by atoms with Crippen LogP contribution in [0.3, 0.4) is 0 Å². The number of rotatable bonds is 7. The van der Waals surface area contributed by atoms with E-state index in [1.54, 1.807) is 0 Å². The molecule has 1 amide bonds. The Hall–Kier alpha value is -1.67. The third-order valence-electron chi connectivity index (χ3n) is 4.79. The maximum absolute atomic E-state index is 12.4. The summed E-state index contributed by atoms with van der Waals surface area (Å²) in [4.78, 5) is 14.7. The van der Waals surface area contributed by atoms with Crippen LogP contribution in [0.5, 0.6) is 5.75 Å². The van der Waals surface area contributed by atoms with Crippen molar-refractivity contribution in [1.29, 1.82) is 0 Å². The molecule has 2 fully saturated rings. The number of amides is 1. The first-order valence-electron chi connectivity index (χ1n) is 9.37. The van der Waals surface area contributed by atoms with Gasteiger partial charge < -0.3 is 24.8 Å². The highest BCUT2D eigenvalue weighted by atomic mass is 16.5. The van der Waals surface area contributed by atoms with E-state index in [0.29, 0.717) is 26.3 Å². The lowest BCUT2D eigenvalue weighted by molar-refractivity contribution is -0.129. The van der Waals surface area contributed by atoms with Crippen LogP contribution in [0.25, 0.3) is 0 Å². The van der Waals surface area contributed by atoms with Crippen LogP contribution in [0.2, 0.25) is 0 Å². The van der Waals surface area contributed by atoms with Gasteiger partial charge >= 0.3 is 0 Å². The number of morpholine rings is 2. The summed E-state index contributed by atoms with van der Waals surface area (Å²) in [6.07, 6.45) is -0.122. The third kappa shape index (κ3) is 5.41. The molecule has 1 aromatic carbocycles. The van der Waals surface area contributed by atoms with Gasteiger partial charge in [0, 0.05) is 38.3 Å². The summed E-state index contributed by atoms with van der Waals surface area (Å²) in [5.41, 5.74) is 0.979. The lowest BCUT2D eigenvalue weighted by atomic mass is 10.1. The number of nitrogens with one attached hydrogen (secondary N) is 2. The van der Waals surface area contributed by atoms with E-state index in [-0.39, 0.29) is 18.1 Å². The van der Waals surface area contributed by atoms with Crippen LogP contribution in [0, 0.1) is 0 Å². The molecule has 3 rings (SSSR count). The molecule has 0 aliphatic carbocycles. The fourth-order valence-electron chi connectivity index (χ4n) is 3.22. The SMILES string of the molecule is C[C@H]1OCCN[C@@H]1C(=O)NCc1ccccc1OCCN1CCOCC1. The van der Waals surface area contributed by atoms with Gasteiger partial charge in [-0.05, 0) is 13.0 Å². The Morgan fingerprint density at radius 1 is 1.31 bits per heavy atom. The van der Waals surface area contributed by atoms with Gasteiger partial charge in [0.05, 0.1) is 25.9 Å². The highest BCUT2D eigenvalue weighted by molar-refractivity contribution is 5.82. The molecule has 2 heterocycles.